The van der Waals surface area contributed by atoms with Crippen molar-refractivity contribution in [3.8, 4) is 0 Å². The molecule has 1 fully saturated rings. The Kier molecular flexibility index (Phi) is 3.96. The molecule has 1 aromatic carbocycles. The van der Waals surface area contributed by atoms with E-state index in [1.807, 2.05) is 18.2 Å². The number of anilines is 1. The number of nitrogens with zero attached hydrogens (tertiary/aromatic N) is 3. The lowest BCUT2D eigenvalue weighted by Gasteiger charge is -2.19. The number of hydrogen-bond acceptors (Lipinski definition) is 4. The van der Waals surface area contributed by atoms with Gasteiger partial charge in [0, 0.05) is 29.5 Å². The Bertz CT molecular complexity index is 627. The number of halogens is 2. The van der Waals surface area contributed by atoms with Crippen molar-refractivity contribution >= 4 is 39.9 Å². The molecule has 1 atom stereocenters. The smallest absolute Gasteiger partial charge is 0.224 e. The highest BCUT2D eigenvalue weighted by Crippen LogP contribution is 2.29. The van der Waals surface area contributed by atoms with Gasteiger partial charge in [0.15, 0.2) is 0 Å². The van der Waals surface area contributed by atoms with Crippen LogP contribution in [-0.4, -0.2) is 35.6 Å². The highest BCUT2D eigenvalue weighted by Gasteiger charge is 2.24. The summed E-state index contributed by atoms with van der Waals surface area (Å²) in [6.07, 6.45) is 1.12. The maximum absolute atomic E-state index is 6.04. The van der Waals surface area contributed by atoms with Crippen molar-refractivity contribution in [1.82, 2.24) is 15.3 Å². The normalized spacial score (nSPS) is 18.9. The Morgan fingerprint density at radius 2 is 2.20 bits per heavy atom. The van der Waals surface area contributed by atoms with Crippen molar-refractivity contribution in [1.29, 1.82) is 0 Å². The SMILES string of the molecule is CCN[C@H]1CCN(c2nc(Cl)nc3cc(Cl)ccc23)C1. The zero-order valence-corrected chi connectivity index (χ0v) is 12.7. The maximum Gasteiger partial charge on any atom is 0.224 e. The molecule has 0 unspecified atom stereocenters. The van der Waals surface area contributed by atoms with E-state index in [1.54, 1.807) is 0 Å². The van der Waals surface area contributed by atoms with Gasteiger partial charge in [-0.05, 0) is 42.8 Å². The van der Waals surface area contributed by atoms with E-state index >= 15 is 0 Å². The summed E-state index contributed by atoms with van der Waals surface area (Å²) in [6, 6.07) is 6.16. The van der Waals surface area contributed by atoms with Crippen LogP contribution in [0.4, 0.5) is 5.82 Å². The highest BCUT2D eigenvalue weighted by atomic mass is 35.5. The summed E-state index contributed by atoms with van der Waals surface area (Å²) in [4.78, 5) is 10.9. The first-order valence-electron chi connectivity index (χ1n) is 6.78. The number of benzene rings is 1. The Morgan fingerprint density at radius 1 is 1.35 bits per heavy atom. The molecule has 0 saturated carbocycles. The first-order chi connectivity index (χ1) is 9.67. The molecule has 4 nitrogen and oxygen atoms in total. The summed E-state index contributed by atoms with van der Waals surface area (Å²) in [5, 5.41) is 5.40. The molecule has 1 aliphatic rings. The van der Waals surface area contributed by atoms with E-state index < -0.39 is 0 Å². The lowest BCUT2D eigenvalue weighted by molar-refractivity contribution is 0.571. The Balaban J connectivity index is 1.99. The average Bonchev–Trinajstić information content (AvgIpc) is 2.86. The second kappa shape index (κ2) is 5.72. The molecule has 1 aromatic heterocycles. The lowest BCUT2D eigenvalue weighted by Crippen LogP contribution is -2.32. The van der Waals surface area contributed by atoms with E-state index in [4.69, 9.17) is 23.2 Å². The van der Waals surface area contributed by atoms with Crippen LogP contribution < -0.4 is 10.2 Å². The molecule has 0 radical (unpaired) electrons. The number of hydrogen-bond donors (Lipinski definition) is 1. The predicted octanol–water partition coefficient (Wildman–Crippen LogP) is 3.12. The van der Waals surface area contributed by atoms with Crippen LogP contribution in [0, 0.1) is 0 Å². The largest absolute Gasteiger partial charge is 0.354 e. The van der Waals surface area contributed by atoms with Crippen LogP contribution in [-0.2, 0) is 0 Å². The second-order valence-corrected chi connectivity index (χ2v) is 5.74. The molecule has 1 saturated heterocycles. The Morgan fingerprint density at radius 3 is 3.00 bits per heavy atom. The molecule has 1 aliphatic heterocycles. The summed E-state index contributed by atoms with van der Waals surface area (Å²) in [6.45, 7) is 5.03. The van der Waals surface area contributed by atoms with Gasteiger partial charge in [-0.15, -0.1) is 0 Å². The van der Waals surface area contributed by atoms with E-state index in [1.165, 1.54) is 0 Å². The zero-order chi connectivity index (χ0) is 14.1. The fourth-order valence-electron chi connectivity index (χ4n) is 2.71. The maximum atomic E-state index is 6.04. The molecule has 2 aromatic rings. The fraction of sp³-hybridized carbons (Fsp3) is 0.429. The molecule has 0 aliphatic carbocycles. The third-order valence-corrected chi connectivity index (χ3v) is 4.00. The third kappa shape index (κ3) is 2.68. The van der Waals surface area contributed by atoms with Crippen molar-refractivity contribution < 1.29 is 0 Å². The molecule has 1 N–H and O–H groups in total. The number of nitrogens with one attached hydrogen (secondary N) is 1. The van der Waals surface area contributed by atoms with E-state index in [2.05, 4.69) is 27.1 Å². The molecular weight excluding hydrogens is 295 g/mol. The second-order valence-electron chi connectivity index (χ2n) is 4.97. The minimum absolute atomic E-state index is 0.265. The van der Waals surface area contributed by atoms with Crippen LogP contribution in [0.2, 0.25) is 10.3 Å². The quantitative estimate of drug-likeness (QED) is 0.884. The molecule has 0 bridgehead atoms. The van der Waals surface area contributed by atoms with Crippen molar-refractivity contribution in [3.05, 3.63) is 28.5 Å². The van der Waals surface area contributed by atoms with Gasteiger partial charge in [0.2, 0.25) is 5.28 Å². The van der Waals surface area contributed by atoms with E-state index in [0.29, 0.717) is 11.1 Å². The number of rotatable bonds is 3. The molecular formula is C14H16Cl2N4. The van der Waals surface area contributed by atoms with E-state index in [9.17, 15) is 0 Å². The first-order valence-corrected chi connectivity index (χ1v) is 7.54. The highest BCUT2D eigenvalue weighted by molar-refractivity contribution is 6.31. The van der Waals surface area contributed by atoms with Gasteiger partial charge in [-0.2, -0.15) is 4.98 Å². The molecule has 3 rings (SSSR count). The number of aromatic nitrogens is 2. The van der Waals surface area contributed by atoms with Crippen molar-refractivity contribution in [2.24, 2.45) is 0 Å². The molecule has 106 valence electrons. The van der Waals surface area contributed by atoms with Gasteiger partial charge in [-0.25, -0.2) is 4.98 Å². The van der Waals surface area contributed by atoms with Crippen LogP contribution in [0.15, 0.2) is 18.2 Å². The van der Waals surface area contributed by atoms with Crippen LogP contribution in [0.25, 0.3) is 10.9 Å². The van der Waals surface area contributed by atoms with Crippen molar-refractivity contribution in [2.45, 2.75) is 19.4 Å². The topological polar surface area (TPSA) is 41.0 Å². The van der Waals surface area contributed by atoms with Crippen LogP contribution >= 0.6 is 23.2 Å². The number of likely N-dealkylation sites (N-methyl/N-ethyl adjacent to an activating group) is 1. The summed E-state index contributed by atoms with van der Waals surface area (Å²) >= 11 is 12.1. The van der Waals surface area contributed by atoms with Crippen LogP contribution in [0.3, 0.4) is 0 Å². The fourth-order valence-corrected chi connectivity index (χ4v) is 3.04. The summed E-state index contributed by atoms with van der Waals surface area (Å²) in [5.41, 5.74) is 0.791. The summed E-state index contributed by atoms with van der Waals surface area (Å²) in [5.74, 6) is 0.900. The molecule has 0 amide bonds. The average molecular weight is 311 g/mol. The lowest BCUT2D eigenvalue weighted by atomic mass is 10.2. The van der Waals surface area contributed by atoms with Gasteiger partial charge in [-0.3, -0.25) is 0 Å². The van der Waals surface area contributed by atoms with Crippen molar-refractivity contribution in [3.63, 3.8) is 0 Å². The van der Waals surface area contributed by atoms with E-state index in [0.717, 1.165) is 42.8 Å². The molecule has 0 spiro atoms. The summed E-state index contributed by atoms with van der Waals surface area (Å²) in [7, 11) is 0. The van der Waals surface area contributed by atoms with Crippen LogP contribution in [0.5, 0.6) is 0 Å². The van der Waals surface area contributed by atoms with Gasteiger partial charge in [0.1, 0.15) is 5.82 Å². The summed E-state index contributed by atoms with van der Waals surface area (Å²) < 4.78 is 0. The van der Waals surface area contributed by atoms with Gasteiger partial charge in [0.05, 0.1) is 5.52 Å². The minimum Gasteiger partial charge on any atom is -0.354 e. The van der Waals surface area contributed by atoms with Gasteiger partial charge in [-0.1, -0.05) is 18.5 Å². The first kappa shape index (κ1) is 13.9. The van der Waals surface area contributed by atoms with Gasteiger partial charge >= 0.3 is 0 Å². The number of fused-ring (bicyclic) bond motifs is 1. The molecule has 6 heteroatoms. The van der Waals surface area contributed by atoms with Gasteiger partial charge < -0.3 is 10.2 Å². The zero-order valence-electron chi connectivity index (χ0n) is 11.2. The predicted molar refractivity (Wildman–Crippen MR) is 83.9 cm³/mol. The minimum atomic E-state index is 0.265. The van der Waals surface area contributed by atoms with E-state index in [-0.39, 0.29) is 5.28 Å². The van der Waals surface area contributed by atoms with Crippen molar-refractivity contribution in [2.75, 3.05) is 24.5 Å². The monoisotopic (exact) mass is 310 g/mol. The Hall–Kier alpha value is -1.10. The molecule has 20 heavy (non-hydrogen) atoms. The third-order valence-electron chi connectivity index (χ3n) is 3.59. The Labute approximate surface area is 128 Å². The van der Waals surface area contributed by atoms with Gasteiger partial charge in [0.25, 0.3) is 0 Å². The molecule has 2 heterocycles. The standard InChI is InChI=1S/C14H16Cl2N4/c1-2-17-10-5-6-20(8-10)13-11-4-3-9(15)7-12(11)18-14(16)19-13/h3-4,7,10,17H,2,5-6,8H2,1H3/t10-/m0/s1. The van der Waals surface area contributed by atoms with Crippen LogP contribution in [0.1, 0.15) is 13.3 Å².